The topological polar surface area (TPSA) is 179 Å². The lowest BCUT2D eigenvalue weighted by Gasteiger charge is -2.31. The average molecular weight is 899 g/mol. The molecule has 0 aliphatic carbocycles. The lowest BCUT2D eigenvalue weighted by molar-refractivity contribution is -0.158. The molecule has 342 valence electrons. The number of nitrogens with two attached hydrogens (primary N) is 1. The van der Waals surface area contributed by atoms with E-state index in [1.165, 1.54) is 48.7 Å². The number of nitrogen functional groups attached to an aromatic ring is 1. The van der Waals surface area contributed by atoms with Crippen LogP contribution in [0.4, 0.5) is 19.0 Å². The number of hydrogen-bond donors (Lipinski definition) is 2. The molecule has 63 heavy (non-hydrogen) atoms. The van der Waals surface area contributed by atoms with Crippen LogP contribution in [0.5, 0.6) is 5.75 Å². The molecule has 0 bridgehead atoms. The highest BCUT2D eigenvalue weighted by Gasteiger charge is 2.53. The summed E-state index contributed by atoms with van der Waals surface area (Å²) in [6, 6.07) is 9.13. The van der Waals surface area contributed by atoms with Crippen LogP contribution in [0.3, 0.4) is 0 Å². The van der Waals surface area contributed by atoms with Gasteiger partial charge in [0, 0.05) is 18.9 Å². The molecule has 1 saturated heterocycles. The first-order chi connectivity index (χ1) is 30.3. The Morgan fingerprint density at radius 3 is 2.32 bits per heavy atom. The number of benzene rings is 2. The molecule has 0 saturated carbocycles. The van der Waals surface area contributed by atoms with Gasteiger partial charge in [-0.25, -0.2) is 18.3 Å². The van der Waals surface area contributed by atoms with Gasteiger partial charge >= 0.3 is 25.8 Å². The second kappa shape index (κ2) is 23.6. The summed E-state index contributed by atoms with van der Waals surface area (Å²) >= 11 is 0. The molecular formula is C45H58F3N6O8P. The summed E-state index contributed by atoms with van der Waals surface area (Å²) in [6.07, 6.45) is 14.4. The van der Waals surface area contributed by atoms with E-state index in [4.69, 9.17) is 35.4 Å². The van der Waals surface area contributed by atoms with E-state index >= 15 is 4.57 Å². The molecule has 0 spiro atoms. The van der Waals surface area contributed by atoms with E-state index in [-0.39, 0.29) is 53.7 Å². The number of hydrogen-bond acceptors (Lipinski definition) is 12. The minimum Gasteiger partial charge on any atom is -0.464 e. The summed E-state index contributed by atoms with van der Waals surface area (Å²) in [7, 11) is -4.77. The zero-order chi connectivity index (χ0) is 45.4. The standard InChI is InChI=1S/C45H58F3N6O8P/c1-5-9-10-11-12-13-14-15-19-22-39(55)60-37-27-38(54-30-50-40-41(49)51-44(48)52-42(40)54)61-45(37,8-4)29-59-63(57,62-35-20-17-16-18-21-35)53-36(43(56)58-28-31(6-2)7-3)25-32-23-33(46)26-34(47)24-32/h4,16-18,20-21,23-24,26,30-31,36-38H,5-7,9-15,19,22,25,27-29H2,1-3H3,(H,53,57)(H2,49,51,52)/t36?,37?,38?,45?,63-/m0/s1. The third-order valence-electron chi connectivity index (χ3n) is 11.0. The van der Waals surface area contributed by atoms with Crippen LogP contribution in [0.25, 0.3) is 11.2 Å². The van der Waals surface area contributed by atoms with Crippen molar-refractivity contribution in [1.82, 2.24) is 24.6 Å². The molecule has 5 rings (SSSR count). The number of fused-ring (bicyclic) bond motifs is 1. The van der Waals surface area contributed by atoms with Gasteiger partial charge in [-0.2, -0.15) is 19.4 Å². The van der Waals surface area contributed by atoms with Crippen LogP contribution in [0.15, 0.2) is 54.9 Å². The van der Waals surface area contributed by atoms with Gasteiger partial charge < -0.3 is 24.5 Å². The van der Waals surface area contributed by atoms with Gasteiger partial charge in [-0.3, -0.25) is 18.7 Å². The summed E-state index contributed by atoms with van der Waals surface area (Å²) < 4.78 is 89.7. The summed E-state index contributed by atoms with van der Waals surface area (Å²) in [4.78, 5) is 38.9. The second-order valence-corrected chi connectivity index (χ2v) is 17.4. The molecule has 3 heterocycles. The first-order valence-electron chi connectivity index (χ1n) is 21.7. The van der Waals surface area contributed by atoms with E-state index in [1.54, 1.807) is 18.2 Å². The molecule has 4 aromatic rings. The first-order valence-corrected chi connectivity index (χ1v) is 23.2. The Morgan fingerprint density at radius 2 is 1.67 bits per heavy atom. The molecule has 0 radical (unpaired) electrons. The number of esters is 2. The number of nitrogens with zero attached hydrogens (tertiary/aromatic N) is 4. The largest absolute Gasteiger partial charge is 0.464 e. The van der Waals surface area contributed by atoms with Crippen molar-refractivity contribution in [3.63, 3.8) is 0 Å². The Morgan fingerprint density at radius 1 is 1.00 bits per heavy atom. The molecule has 1 aliphatic rings. The predicted molar refractivity (Wildman–Crippen MR) is 230 cm³/mol. The monoisotopic (exact) mass is 898 g/mol. The van der Waals surface area contributed by atoms with Gasteiger partial charge in [0.05, 0.1) is 12.9 Å². The third-order valence-corrected chi connectivity index (χ3v) is 12.6. The van der Waals surface area contributed by atoms with Gasteiger partial charge in [0.15, 0.2) is 22.6 Å². The van der Waals surface area contributed by atoms with Crippen molar-refractivity contribution in [3.05, 3.63) is 78.1 Å². The van der Waals surface area contributed by atoms with Crippen LogP contribution < -0.4 is 15.3 Å². The zero-order valence-electron chi connectivity index (χ0n) is 36.1. The fraction of sp³-hybridized carbons (Fsp3) is 0.533. The van der Waals surface area contributed by atoms with Crippen molar-refractivity contribution in [2.24, 2.45) is 5.92 Å². The number of anilines is 1. The normalized spacial score (nSPS) is 18.8. The molecule has 18 heteroatoms. The third kappa shape index (κ3) is 14.0. The van der Waals surface area contributed by atoms with Crippen molar-refractivity contribution in [1.29, 1.82) is 0 Å². The summed E-state index contributed by atoms with van der Waals surface area (Å²) in [6.45, 7) is 5.33. The molecule has 4 unspecified atom stereocenters. The van der Waals surface area contributed by atoms with Crippen molar-refractivity contribution in [2.75, 3.05) is 18.9 Å². The van der Waals surface area contributed by atoms with Gasteiger partial charge in [0.2, 0.25) is 0 Å². The van der Waals surface area contributed by atoms with Crippen LogP contribution in [-0.4, -0.2) is 62.4 Å². The van der Waals surface area contributed by atoms with Crippen LogP contribution in [-0.2, 0) is 39.3 Å². The lowest BCUT2D eigenvalue weighted by Crippen LogP contribution is -2.46. The second-order valence-electron chi connectivity index (χ2n) is 15.8. The highest BCUT2D eigenvalue weighted by Crippen LogP contribution is 2.49. The molecule has 1 aliphatic heterocycles. The number of rotatable bonds is 26. The van der Waals surface area contributed by atoms with Gasteiger partial charge in [-0.15, -0.1) is 6.42 Å². The van der Waals surface area contributed by atoms with E-state index in [0.717, 1.165) is 37.8 Å². The Balaban J connectivity index is 1.43. The van der Waals surface area contributed by atoms with E-state index in [0.29, 0.717) is 25.3 Å². The lowest BCUT2D eigenvalue weighted by atomic mass is 9.98. The molecular weight excluding hydrogens is 840 g/mol. The molecule has 2 aromatic carbocycles. The van der Waals surface area contributed by atoms with E-state index in [9.17, 15) is 22.8 Å². The van der Waals surface area contributed by atoms with Crippen molar-refractivity contribution < 1.29 is 50.6 Å². The van der Waals surface area contributed by atoms with Crippen molar-refractivity contribution in [3.8, 4) is 18.1 Å². The highest BCUT2D eigenvalue weighted by molar-refractivity contribution is 7.52. The number of terminal acetylenes is 1. The number of nitrogens with one attached hydrogen (secondary N) is 1. The molecule has 2 aromatic heterocycles. The number of aromatic nitrogens is 4. The van der Waals surface area contributed by atoms with Crippen molar-refractivity contribution in [2.45, 2.75) is 135 Å². The van der Waals surface area contributed by atoms with E-state index < -0.39 is 74.4 Å². The van der Waals surface area contributed by atoms with Gasteiger partial charge in [-0.05, 0) is 48.6 Å². The number of unbranched alkanes of at least 4 members (excludes halogenated alkanes) is 8. The maximum Gasteiger partial charge on any atom is 0.459 e. The van der Waals surface area contributed by atoms with Crippen LogP contribution in [0, 0.1) is 36.0 Å². The Bertz CT molecular complexity index is 2190. The van der Waals surface area contributed by atoms with Crippen LogP contribution in [0.1, 0.15) is 116 Å². The fourth-order valence-electron chi connectivity index (χ4n) is 7.32. The molecule has 3 N–H and O–H groups in total. The minimum absolute atomic E-state index is 0.0137. The molecule has 0 amide bonds. The van der Waals surface area contributed by atoms with E-state index in [1.807, 2.05) is 13.8 Å². The number of carbonyl (C=O) groups excluding carboxylic acids is 2. The number of halogens is 3. The quantitative estimate of drug-likeness (QED) is 0.0200. The van der Waals surface area contributed by atoms with Crippen LogP contribution in [0.2, 0.25) is 0 Å². The fourth-order valence-corrected chi connectivity index (χ4v) is 8.84. The molecule has 1 fully saturated rings. The maximum absolute atomic E-state index is 15.0. The maximum atomic E-state index is 15.0. The minimum atomic E-state index is -4.77. The SMILES string of the molecule is C#CC1(CO[P@@](=O)(NC(Cc2cc(F)cc(F)c2)C(=O)OCC(CC)CC)Oc2ccccc2)OC(n2cnc3c(N)nc(F)nc32)CC1OC(=O)CCCCCCCCCCC. The van der Waals surface area contributed by atoms with Gasteiger partial charge in [-0.1, -0.05) is 109 Å². The predicted octanol–water partition coefficient (Wildman–Crippen LogP) is 9.33. The smallest absolute Gasteiger partial charge is 0.459 e. The summed E-state index contributed by atoms with van der Waals surface area (Å²) in [5.74, 6) is -0.840. The zero-order valence-corrected chi connectivity index (χ0v) is 37.0. The summed E-state index contributed by atoms with van der Waals surface area (Å²) in [5, 5.41) is 2.65. The van der Waals surface area contributed by atoms with Crippen molar-refractivity contribution >= 4 is 36.7 Å². The highest BCUT2D eigenvalue weighted by atomic mass is 31.2. The number of imidazole rings is 1. The number of carbonyl (C=O) groups is 2. The average Bonchev–Trinajstić information content (AvgIpc) is 3.84. The van der Waals surface area contributed by atoms with Crippen LogP contribution >= 0.6 is 7.75 Å². The van der Waals surface area contributed by atoms with E-state index in [2.05, 4.69) is 32.9 Å². The Hall–Kier alpha value is -5.01. The molecule has 14 nitrogen and oxygen atoms in total. The number of para-hydroxylation sites is 1. The Kier molecular flexibility index (Phi) is 18.4. The Labute approximate surface area is 366 Å². The first kappa shape index (κ1) is 49.0. The summed E-state index contributed by atoms with van der Waals surface area (Å²) in [5.41, 5.74) is 4.06. The number of ether oxygens (including phenoxy) is 3. The van der Waals surface area contributed by atoms with Gasteiger partial charge in [0.1, 0.15) is 42.4 Å². The van der Waals surface area contributed by atoms with Gasteiger partial charge in [0.25, 0.3) is 0 Å². The molecule has 5 atom stereocenters.